The van der Waals surface area contributed by atoms with Crippen LogP contribution in [-0.4, -0.2) is 37.8 Å². The minimum Gasteiger partial charge on any atom is -0.489 e. The summed E-state index contributed by atoms with van der Waals surface area (Å²) >= 11 is 7.17. The molecule has 0 saturated carbocycles. The van der Waals surface area contributed by atoms with Crippen molar-refractivity contribution in [2.75, 3.05) is 32.9 Å². The van der Waals surface area contributed by atoms with E-state index >= 15 is 0 Å². The number of hydrogen-bond acceptors (Lipinski definition) is 5. The Hall–Kier alpha value is -1.94. The van der Waals surface area contributed by atoms with Gasteiger partial charge in [-0.3, -0.25) is 10.1 Å². The highest BCUT2D eigenvalue weighted by Crippen LogP contribution is 2.44. The van der Waals surface area contributed by atoms with Gasteiger partial charge in [0.15, 0.2) is 17.6 Å². The molecule has 2 aliphatic rings. The highest BCUT2D eigenvalue weighted by atomic mass is 79.9. The SMILES string of the molecule is O=[N+]([O-])c1ccc(OC/C=C2/Oc3c(Br)cc(Br)cc3[C@@H]2[NH+]2CCOCC2)cc1. The van der Waals surface area contributed by atoms with Crippen molar-refractivity contribution in [2.45, 2.75) is 6.04 Å². The van der Waals surface area contributed by atoms with Crippen molar-refractivity contribution in [3.05, 3.63) is 72.9 Å². The second kappa shape index (κ2) is 8.83. The van der Waals surface area contributed by atoms with Crippen molar-refractivity contribution in [2.24, 2.45) is 0 Å². The zero-order valence-electron chi connectivity index (χ0n) is 15.4. The highest BCUT2D eigenvalue weighted by molar-refractivity contribution is 9.11. The molecule has 0 radical (unpaired) electrons. The van der Waals surface area contributed by atoms with Gasteiger partial charge in [-0.1, -0.05) is 15.9 Å². The summed E-state index contributed by atoms with van der Waals surface area (Å²) in [6.07, 6.45) is 1.94. The van der Waals surface area contributed by atoms with Crippen LogP contribution < -0.4 is 14.4 Å². The first-order valence-electron chi connectivity index (χ1n) is 9.19. The Bertz CT molecular complexity index is 943. The number of benzene rings is 2. The summed E-state index contributed by atoms with van der Waals surface area (Å²) < 4.78 is 19.4. The van der Waals surface area contributed by atoms with E-state index in [4.69, 9.17) is 14.2 Å². The normalized spacial score (nSPS) is 20.3. The fourth-order valence-electron chi connectivity index (χ4n) is 3.62. The molecule has 2 heterocycles. The Kier molecular flexibility index (Phi) is 6.19. The average Bonchev–Trinajstić information content (AvgIpc) is 3.07. The molecule has 4 rings (SSSR count). The maximum atomic E-state index is 10.8. The molecule has 1 N–H and O–H groups in total. The Labute approximate surface area is 184 Å². The third-order valence-corrected chi connectivity index (χ3v) is 6.02. The van der Waals surface area contributed by atoms with E-state index in [0.29, 0.717) is 12.4 Å². The van der Waals surface area contributed by atoms with E-state index in [0.717, 1.165) is 52.3 Å². The van der Waals surface area contributed by atoms with Crippen LogP contribution >= 0.6 is 31.9 Å². The zero-order chi connectivity index (χ0) is 20.4. The number of nitro groups is 1. The van der Waals surface area contributed by atoms with E-state index in [9.17, 15) is 10.1 Å². The van der Waals surface area contributed by atoms with Crippen LogP contribution in [0.4, 0.5) is 5.69 Å². The highest BCUT2D eigenvalue weighted by Gasteiger charge is 2.40. The lowest BCUT2D eigenvalue weighted by atomic mass is 10.0. The van der Waals surface area contributed by atoms with Crippen LogP contribution in [0.3, 0.4) is 0 Å². The van der Waals surface area contributed by atoms with Gasteiger partial charge in [0, 0.05) is 16.6 Å². The molecule has 152 valence electrons. The number of non-ortho nitro benzene ring substituents is 1. The number of hydrogen-bond donors (Lipinski definition) is 1. The number of nitrogens with zero attached hydrogens (tertiary/aromatic N) is 1. The smallest absolute Gasteiger partial charge is 0.269 e. The molecule has 2 aromatic carbocycles. The maximum absolute atomic E-state index is 10.8. The Balaban J connectivity index is 1.54. The van der Waals surface area contributed by atoms with Gasteiger partial charge in [-0.25, -0.2) is 0 Å². The Morgan fingerprint density at radius 3 is 2.62 bits per heavy atom. The standard InChI is InChI=1S/C20H18Br2N2O5/c21-13-11-16-19(23-6-9-27-10-7-23)18(29-20(16)17(22)12-13)5-8-28-15-3-1-14(2-4-15)24(25)26/h1-5,11-12,19H,6-10H2/p+1/b18-5+/t19-/m0/s1. The zero-order valence-corrected chi connectivity index (χ0v) is 18.6. The molecule has 0 spiro atoms. The summed E-state index contributed by atoms with van der Waals surface area (Å²) in [6.45, 7) is 3.56. The van der Waals surface area contributed by atoms with Crippen LogP contribution in [0.2, 0.25) is 0 Å². The number of morpholine rings is 1. The summed E-state index contributed by atoms with van der Waals surface area (Å²) in [5.74, 6) is 2.25. The van der Waals surface area contributed by atoms with Crippen molar-refractivity contribution in [3.8, 4) is 11.5 Å². The van der Waals surface area contributed by atoms with Gasteiger partial charge < -0.3 is 19.1 Å². The monoisotopic (exact) mass is 525 g/mol. The largest absolute Gasteiger partial charge is 0.489 e. The summed E-state index contributed by atoms with van der Waals surface area (Å²) in [5, 5.41) is 10.8. The van der Waals surface area contributed by atoms with Crippen molar-refractivity contribution in [1.29, 1.82) is 0 Å². The second-order valence-corrected chi connectivity index (χ2v) is 8.55. The van der Waals surface area contributed by atoms with Gasteiger partial charge in [0.25, 0.3) is 5.69 Å². The molecule has 9 heteroatoms. The lowest BCUT2D eigenvalue weighted by Crippen LogP contribution is -3.14. The number of nitro benzene ring substituents is 1. The van der Waals surface area contributed by atoms with Crippen LogP contribution in [0, 0.1) is 10.1 Å². The molecule has 1 saturated heterocycles. The molecule has 2 aromatic rings. The van der Waals surface area contributed by atoms with Crippen LogP contribution in [-0.2, 0) is 4.74 Å². The van der Waals surface area contributed by atoms with E-state index < -0.39 is 4.92 Å². The molecule has 0 unspecified atom stereocenters. The number of fused-ring (bicyclic) bond motifs is 1. The van der Waals surface area contributed by atoms with Gasteiger partial charge >= 0.3 is 0 Å². The average molecular weight is 527 g/mol. The summed E-state index contributed by atoms with van der Waals surface area (Å²) in [4.78, 5) is 11.7. The molecule has 7 nitrogen and oxygen atoms in total. The molecular formula is C20H19Br2N2O5+. The predicted octanol–water partition coefficient (Wildman–Crippen LogP) is 3.43. The third-order valence-electron chi connectivity index (χ3n) is 4.98. The lowest BCUT2D eigenvalue weighted by molar-refractivity contribution is -0.933. The van der Waals surface area contributed by atoms with Crippen molar-refractivity contribution in [1.82, 2.24) is 0 Å². The summed E-state index contributed by atoms with van der Waals surface area (Å²) in [7, 11) is 0. The molecule has 2 aliphatic heterocycles. The molecule has 1 atom stereocenters. The van der Waals surface area contributed by atoms with Gasteiger partial charge in [0.05, 0.1) is 28.2 Å². The number of nitrogens with one attached hydrogen (secondary N) is 1. The minimum atomic E-state index is -0.430. The molecule has 0 aromatic heterocycles. The molecule has 0 bridgehead atoms. The van der Waals surface area contributed by atoms with E-state index in [2.05, 4.69) is 37.9 Å². The van der Waals surface area contributed by atoms with Crippen molar-refractivity contribution in [3.63, 3.8) is 0 Å². The molecular weight excluding hydrogens is 508 g/mol. The fraction of sp³-hybridized carbons (Fsp3) is 0.300. The maximum Gasteiger partial charge on any atom is 0.269 e. The van der Waals surface area contributed by atoms with E-state index in [1.54, 1.807) is 12.1 Å². The summed E-state index contributed by atoms with van der Waals surface area (Å²) in [5.41, 5.74) is 1.17. The minimum absolute atomic E-state index is 0.0386. The third kappa shape index (κ3) is 4.48. The summed E-state index contributed by atoms with van der Waals surface area (Å²) in [6, 6.07) is 10.2. The quantitative estimate of drug-likeness (QED) is 0.477. The van der Waals surface area contributed by atoms with Crippen LogP contribution in [0.5, 0.6) is 11.5 Å². The van der Waals surface area contributed by atoms with Gasteiger partial charge in [0.2, 0.25) is 0 Å². The predicted molar refractivity (Wildman–Crippen MR) is 113 cm³/mol. The van der Waals surface area contributed by atoms with Gasteiger partial charge in [-0.2, -0.15) is 0 Å². The first kappa shape index (κ1) is 20.3. The second-order valence-electron chi connectivity index (χ2n) is 6.78. The molecule has 0 aliphatic carbocycles. The Morgan fingerprint density at radius 2 is 1.93 bits per heavy atom. The lowest BCUT2D eigenvalue weighted by Gasteiger charge is -2.29. The topological polar surface area (TPSA) is 75.3 Å². The number of rotatable bonds is 5. The van der Waals surface area contributed by atoms with Gasteiger partial charge in [0.1, 0.15) is 25.4 Å². The molecule has 1 fully saturated rings. The molecule has 29 heavy (non-hydrogen) atoms. The Morgan fingerprint density at radius 1 is 1.21 bits per heavy atom. The van der Waals surface area contributed by atoms with Crippen LogP contribution in [0.15, 0.2) is 57.2 Å². The number of halogens is 2. The van der Waals surface area contributed by atoms with E-state index in [1.165, 1.54) is 17.0 Å². The molecule has 0 amide bonds. The van der Waals surface area contributed by atoms with Gasteiger partial charge in [-0.15, -0.1) is 0 Å². The van der Waals surface area contributed by atoms with E-state index in [-0.39, 0.29) is 11.7 Å². The van der Waals surface area contributed by atoms with Crippen LogP contribution in [0.25, 0.3) is 0 Å². The first-order chi connectivity index (χ1) is 14.0. The van der Waals surface area contributed by atoms with Gasteiger partial charge in [-0.05, 0) is 46.3 Å². The van der Waals surface area contributed by atoms with Crippen molar-refractivity contribution < 1.29 is 24.0 Å². The van der Waals surface area contributed by atoms with Crippen LogP contribution in [0.1, 0.15) is 11.6 Å². The van der Waals surface area contributed by atoms with E-state index in [1.807, 2.05) is 12.1 Å². The number of ether oxygens (including phenoxy) is 3. The number of quaternary nitrogens is 1. The first-order valence-corrected chi connectivity index (χ1v) is 10.8. The fourth-order valence-corrected chi connectivity index (χ4v) is 4.96. The van der Waals surface area contributed by atoms with Crippen molar-refractivity contribution >= 4 is 37.5 Å².